The van der Waals surface area contributed by atoms with Crippen molar-refractivity contribution in [1.29, 1.82) is 0 Å². The first-order valence-corrected chi connectivity index (χ1v) is 17.5. The number of ether oxygens (including phenoxy) is 5. The van der Waals surface area contributed by atoms with Gasteiger partial charge in [-0.3, -0.25) is 13.7 Å². The third-order valence-electron chi connectivity index (χ3n) is 6.75. The molecule has 0 aliphatic carbocycles. The summed E-state index contributed by atoms with van der Waals surface area (Å²) in [6.45, 7) is -3.77. The monoisotopic (exact) mass is 768 g/mol. The third kappa shape index (κ3) is 13.5. The zero-order valence-electron chi connectivity index (χ0n) is 24.5. The van der Waals surface area contributed by atoms with Crippen LogP contribution in [0.3, 0.4) is 0 Å². The van der Waals surface area contributed by atoms with E-state index in [0.717, 1.165) is 13.0 Å². The van der Waals surface area contributed by atoms with E-state index in [-0.39, 0.29) is 0 Å². The summed E-state index contributed by atoms with van der Waals surface area (Å²) in [6, 6.07) is 0. The predicted molar refractivity (Wildman–Crippen MR) is 146 cm³/mol. The minimum atomic E-state index is -5.35. The molecule has 11 atom stereocenters. The van der Waals surface area contributed by atoms with Gasteiger partial charge in [-0.1, -0.05) is 0 Å². The Labute approximate surface area is 273 Å². The molecular formula is C21H36O24S3. The van der Waals surface area contributed by atoms with E-state index in [1.54, 1.807) is 0 Å². The number of hydrogen-bond acceptors (Lipinski definition) is 20. The molecule has 2 saturated heterocycles. The lowest BCUT2D eigenvalue weighted by atomic mass is 9.83. The summed E-state index contributed by atoms with van der Waals surface area (Å²) >= 11 is 0. The van der Waals surface area contributed by atoms with E-state index in [1.807, 2.05) is 0 Å². The fraction of sp³-hybridized carbons (Fsp3) is 0.857. The van der Waals surface area contributed by atoms with E-state index < -0.39 is 150 Å². The Morgan fingerprint density at radius 2 is 1.40 bits per heavy atom. The summed E-state index contributed by atoms with van der Waals surface area (Å²) < 4.78 is 134. The van der Waals surface area contributed by atoms with Crippen LogP contribution < -0.4 is 0 Å². The van der Waals surface area contributed by atoms with Crippen LogP contribution in [0.25, 0.3) is 0 Å². The van der Waals surface area contributed by atoms with Crippen LogP contribution >= 0.6 is 0 Å². The number of carboxylic acids is 1. The van der Waals surface area contributed by atoms with Crippen LogP contribution in [-0.4, -0.2) is 170 Å². The maximum atomic E-state index is 11.4. The number of aliphatic carboxylic acids is 1. The Hall–Kier alpha value is -1.74. The molecule has 2 aliphatic rings. The van der Waals surface area contributed by atoms with Gasteiger partial charge in [0.05, 0.1) is 45.2 Å². The fourth-order valence-corrected chi connectivity index (χ4v) is 6.05. The molecule has 0 amide bonds. The molecule has 282 valence electrons. The molecule has 0 aromatic rings. The second kappa shape index (κ2) is 18.0. The molecule has 0 radical (unpaired) electrons. The number of aliphatic hydroxyl groups excluding tert-OH is 5. The molecule has 0 bridgehead atoms. The summed E-state index contributed by atoms with van der Waals surface area (Å²) in [5.74, 6) is -5.21. The summed E-state index contributed by atoms with van der Waals surface area (Å²) in [5.41, 5.74) is 0. The minimum absolute atomic E-state index is 0.679. The van der Waals surface area contributed by atoms with Gasteiger partial charge in [0, 0.05) is 11.8 Å². The zero-order chi connectivity index (χ0) is 36.6. The number of aliphatic hydroxyl groups is 5. The van der Waals surface area contributed by atoms with Gasteiger partial charge >= 0.3 is 37.2 Å². The van der Waals surface area contributed by atoms with Crippen molar-refractivity contribution in [3.05, 3.63) is 11.8 Å². The highest BCUT2D eigenvalue weighted by Gasteiger charge is 2.50. The summed E-state index contributed by atoms with van der Waals surface area (Å²) in [5, 5.41) is 59.9. The highest BCUT2D eigenvalue weighted by atomic mass is 32.3. The first kappa shape index (κ1) is 42.4. The van der Waals surface area contributed by atoms with Crippen molar-refractivity contribution in [3.63, 3.8) is 0 Å². The van der Waals surface area contributed by atoms with Crippen LogP contribution in [0.5, 0.6) is 0 Å². The first-order chi connectivity index (χ1) is 22.1. The highest BCUT2D eigenvalue weighted by Crippen LogP contribution is 2.33. The Morgan fingerprint density at radius 3 is 1.92 bits per heavy atom. The number of carbonyl (C=O) groups is 1. The second-order valence-electron chi connectivity index (χ2n) is 10.1. The van der Waals surface area contributed by atoms with Gasteiger partial charge in [0.2, 0.25) is 12.0 Å². The molecule has 6 unspecified atom stereocenters. The topological polar surface area (TPSA) is 375 Å². The molecule has 2 heterocycles. The van der Waals surface area contributed by atoms with Gasteiger partial charge in [-0.15, -0.1) is 0 Å². The van der Waals surface area contributed by atoms with Crippen LogP contribution in [-0.2, 0) is 72.2 Å². The lowest BCUT2D eigenvalue weighted by Crippen LogP contribution is -2.60. The van der Waals surface area contributed by atoms with E-state index in [4.69, 9.17) is 43.0 Å². The largest absolute Gasteiger partial charge is 0.475 e. The minimum Gasteiger partial charge on any atom is -0.475 e. The van der Waals surface area contributed by atoms with Crippen molar-refractivity contribution >= 4 is 37.2 Å². The zero-order valence-corrected chi connectivity index (χ0v) is 27.0. The molecule has 2 rings (SSSR count). The van der Waals surface area contributed by atoms with Crippen molar-refractivity contribution in [2.45, 2.75) is 62.2 Å². The van der Waals surface area contributed by atoms with Crippen molar-refractivity contribution < 1.29 is 111 Å². The van der Waals surface area contributed by atoms with E-state index in [2.05, 4.69) is 12.5 Å². The van der Waals surface area contributed by atoms with Crippen molar-refractivity contribution in [2.24, 2.45) is 11.8 Å². The van der Waals surface area contributed by atoms with Gasteiger partial charge in [-0.25, -0.2) is 17.3 Å². The molecule has 2 fully saturated rings. The fourth-order valence-electron chi connectivity index (χ4n) is 4.68. The number of rotatable bonds is 19. The standard InChI is InChI=1S/C21H36O24S3/c1-9-18(44-47(32,33)34)17(25)19(45-48(35,36)37)14(41-9)7-38-5-10-11(6-39-15(4-23)42-12(2-3-22)20(26)27)21(28)43-13(16(10)24)8-40-46(29,30)31/h2,9-11,13-19,21-25,28H,3-8H2,1H3,(H,26,27)(H,29,30,31)(H,32,33,34)(H,35,36,37)/t9?,10?,11?,13?,14-,15+,16-,17?,18+,19?,21+/m0/s1. The molecule has 9 N–H and O–H groups in total. The van der Waals surface area contributed by atoms with E-state index in [0.29, 0.717) is 0 Å². The molecule has 0 aromatic carbocycles. The van der Waals surface area contributed by atoms with E-state index in [1.165, 1.54) is 0 Å². The van der Waals surface area contributed by atoms with Gasteiger partial charge in [0.1, 0.15) is 37.1 Å². The van der Waals surface area contributed by atoms with Crippen LogP contribution in [0.15, 0.2) is 11.8 Å². The molecule has 0 saturated carbocycles. The van der Waals surface area contributed by atoms with Crippen molar-refractivity contribution in [3.8, 4) is 0 Å². The Morgan fingerprint density at radius 1 is 0.792 bits per heavy atom. The van der Waals surface area contributed by atoms with Gasteiger partial charge in [-0.2, -0.15) is 25.3 Å². The van der Waals surface area contributed by atoms with Gasteiger partial charge < -0.3 is 54.3 Å². The normalized spacial score (nSPS) is 32.9. The second-order valence-corrected chi connectivity index (χ2v) is 13.3. The quantitative estimate of drug-likeness (QED) is 0.0257. The summed E-state index contributed by atoms with van der Waals surface area (Å²) in [6.07, 6.45) is -15.7. The molecule has 27 heteroatoms. The SMILES string of the molecule is CC1O[C@@H](COCC2C(CO[C@@H](CO)OC(=CCO)C(=O)O)[C@H](O)OC(COS(=O)(=O)O)[C@H]2O)C(OS(=O)(=O)O)C(O)[C@@H]1OS(=O)(=O)O. The maximum Gasteiger partial charge on any atom is 0.397 e. The smallest absolute Gasteiger partial charge is 0.397 e. The van der Waals surface area contributed by atoms with Crippen LogP contribution in [0.1, 0.15) is 6.92 Å². The average molecular weight is 769 g/mol. The maximum absolute atomic E-state index is 11.4. The third-order valence-corrected chi connectivity index (χ3v) is 8.12. The molecule has 0 aromatic heterocycles. The Balaban J connectivity index is 2.28. The Bertz CT molecular complexity index is 1400. The van der Waals surface area contributed by atoms with E-state index >= 15 is 0 Å². The van der Waals surface area contributed by atoms with Crippen LogP contribution in [0, 0.1) is 11.8 Å². The number of carboxylic acid groups (broad SMARTS) is 1. The first-order valence-electron chi connectivity index (χ1n) is 13.4. The Kier molecular flexibility index (Phi) is 15.9. The molecular weight excluding hydrogens is 732 g/mol. The molecule has 24 nitrogen and oxygen atoms in total. The lowest BCUT2D eigenvalue weighted by Gasteiger charge is -2.44. The van der Waals surface area contributed by atoms with Crippen molar-refractivity contribution in [1.82, 2.24) is 0 Å². The molecule has 0 spiro atoms. The van der Waals surface area contributed by atoms with Crippen LogP contribution in [0.2, 0.25) is 0 Å². The van der Waals surface area contributed by atoms with E-state index in [9.17, 15) is 55.0 Å². The highest BCUT2D eigenvalue weighted by molar-refractivity contribution is 7.81. The predicted octanol–water partition coefficient (Wildman–Crippen LogP) is -5.03. The number of hydrogen-bond donors (Lipinski definition) is 9. The van der Waals surface area contributed by atoms with Gasteiger partial charge in [0.25, 0.3) is 0 Å². The summed E-state index contributed by atoms with van der Waals surface area (Å²) in [4.78, 5) is 11.3. The molecule has 48 heavy (non-hydrogen) atoms. The van der Waals surface area contributed by atoms with Gasteiger partial charge in [-0.05, 0) is 13.0 Å². The lowest BCUT2D eigenvalue weighted by molar-refractivity contribution is -0.279. The van der Waals surface area contributed by atoms with Crippen molar-refractivity contribution in [2.75, 3.05) is 39.6 Å². The summed E-state index contributed by atoms with van der Waals surface area (Å²) in [7, 11) is -15.6. The average Bonchev–Trinajstić information content (AvgIpc) is 2.94. The molecule has 2 aliphatic heterocycles. The van der Waals surface area contributed by atoms with Gasteiger partial charge in [0.15, 0.2) is 6.29 Å². The van der Waals surface area contributed by atoms with Crippen LogP contribution in [0.4, 0.5) is 0 Å².